The van der Waals surface area contributed by atoms with Gasteiger partial charge in [-0.15, -0.1) is 0 Å². The van der Waals surface area contributed by atoms with Crippen molar-refractivity contribution in [2.75, 3.05) is 4.90 Å². The normalized spacial score (nSPS) is 11.6. The number of hydrogen-bond donors (Lipinski definition) is 0. The molecule has 13 rings (SSSR count). The molecule has 0 aliphatic carbocycles. The van der Waals surface area contributed by atoms with Crippen molar-refractivity contribution in [1.29, 1.82) is 0 Å². The maximum atomic E-state index is 6.31. The van der Waals surface area contributed by atoms with Gasteiger partial charge in [0.25, 0.3) is 0 Å². The minimum Gasteiger partial charge on any atom is -0.456 e. The van der Waals surface area contributed by atoms with Crippen LogP contribution in [-0.2, 0) is 0 Å². The van der Waals surface area contributed by atoms with E-state index < -0.39 is 0 Å². The second-order valence-electron chi connectivity index (χ2n) is 17.3. The van der Waals surface area contributed by atoms with E-state index in [-0.39, 0.29) is 0 Å². The summed E-state index contributed by atoms with van der Waals surface area (Å²) in [6.07, 6.45) is 0. The average molecular weight is 855 g/mol. The van der Waals surface area contributed by atoms with Gasteiger partial charge in [0.05, 0.1) is 11.0 Å². The minimum absolute atomic E-state index is 0.890. The quantitative estimate of drug-likeness (QED) is 0.152. The second-order valence-corrected chi connectivity index (χ2v) is 17.3. The molecule has 2 aromatic heterocycles. The van der Waals surface area contributed by atoms with Crippen LogP contribution in [0.15, 0.2) is 259 Å². The van der Waals surface area contributed by atoms with E-state index >= 15 is 0 Å². The molecule has 0 fully saturated rings. The van der Waals surface area contributed by atoms with Crippen LogP contribution in [0.2, 0.25) is 0 Å². The van der Waals surface area contributed by atoms with Crippen LogP contribution in [0, 0.1) is 0 Å². The minimum atomic E-state index is 0.890. The zero-order valence-corrected chi connectivity index (χ0v) is 36.6. The van der Waals surface area contributed by atoms with Crippen molar-refractivity contribution < 1.29 is 4.42 Å². The summed E-state index contributed by atoms with van der Waals surface area (Å²) in [6, 6.07) is 91.9. The number of anilines is 3. The van der Waals surface area contributed by atoms with Crippen molar-refractivity contribution in [3.8, 4) is 50.2 Å². The molecular weight excluding hydrogens is 813 g/mol. The molecule has 67 heavy (non-hydrogen) atoms. The highest BCUT2D eigenvalue weighted by Gasteiger charge is 2.18. The molecule has 0 saturated carbocycles. The van der Waals surface area contributed by atoms with E-state index in [1.807, 2.05) is 12.1 Å². The van der Waals surface area contributed by atoms with Gasteiger partial charge in [0.1, 0.15) is 11.2 Å². The van der Waals surface area contributed by atoms with Gasteiger partial charge in [0.15, 0.2) is 0 Å². The molecule has 2 heterocycles. The Balaban J connectivity index is 0.857. The smallest absolute Gasteiger partial charge is 0.136 e. The van der Waals surface area contributed by atoms with Crippen molar-refractivity contribution in [3.63, 3.8) is 0 Å². The van der Waals surface area contributed by atoms with Gasteiger partial charge in [-0.1, -0.05) is 182 Å². The van der Waals surface area contributed by atoms with Crippen LogP contribution in [0.4, 0.5) is 17.1 Å². The summed E-state index contributed by atoms with van der Waals surface area (Å²) in [5.41, 5.74) is 18.0. The molecular formula is C64H42N2O. The van der Waals surface area contributed by atoms with E-state index in [4.69, 9.17) is 4.42 Å². The lowest BCUT2D eigenvalue weighted by molar-refractivity contribution is 0.669. The largest absolute Gasteiger partial charge is 0.456 e. The number of furan rings is 1. The van der Waals surface area contributed by atoms with Crippen LogP contribution in [0.25, 0.3) is 105 Å². The van der Waals surface area contributed by atoms with Gasteiger partial charge in [-0.25, -0.2) is 0 Å². The van der Waals surface area contributed by atoms with Crippen molar-refractivity contribution >= 4 is 71.6 Å². The maximum Gasteiger partial charge on any atom is 0.136 e. The monoisotopic (exact) mass is 854 g/mol. The molecule has 0 spiro atoms. The molecule has 314 valence electrons. The number of nitrogens with zero attached hydrogens (tertiary/aromatic N) is 2. The molecule has 3 heteroatoms. The van der Waals surface area contributed by atoms with Crippen LogP contribution >= 0.6 is 0 Å². The fraction of sp³-hybridized carbons (Fsp3) is 0. The molecule has 13 aromatic rings. The first-order valence-corrected chi connectivity index (χ1v) is 22.9. The van der Waals surface area contributed by atoms with Crippen molar-refractivity contribution in [1.82, 2.24) is 4.57 Å². The summed E-state index contributed by atoms with van der Waals surface area (Å²) in [5, 5.41) is 7.27. The molecule has 0 saturated heterocycles. The number of fused-ring (bicyclic) bond motifs is 7. The first-order chi connectivity index (χ1) is 33.2. The van der Waals surface area contributed by atoms with Crippen LogP contribution in [0.1, 0.15) is 0 Å². The standard InChI is InChI=1S/C64H42N2O/c1-2-19-54-46(13-1)14-11-23-55(54)47-35-39-51(40-36-47)65(52-17-10-16-49(42-52)56-24-12-28-63-64(56)59-22-5-8-27-62(59)67-63)50-37-33-44(34-38-50)43-29-31-45(32-30-43)48-15-9-18-53(41-48)66-60-25-6-3-20-57(60)58-21-4-7-26-61(58)66/h1-42H. The highest BCUT2D eigenvalue weighted by Crippen LogP contribution is 2.42. The van der Waals surface area contributed by atoms with Gasteiger partial charge in [0.2, 0.25) is 0 Å². The van der Waals surface area contributed by atoms with Crippen molar-refractivity contribution in [3.05, 3.63) is 255 Å². The Morgan fingerprint density at radius 3 is 1.54 bits per heavy atom. The van der Waals surface area contributed by atoms with E-state index in [1.165, 1.54) is 60.4 Å². The fourth-order valence-electron chi connectivity index (χ4n) is 10.2. The van der Waals surface area contributed by atoms with Crippen LogP contribution < -0.4 is 4.90 Å². The Morgan fingerprint density at radius 2 is 0.806 bits per heavy atom. The second kappa shape index (κ2) is 16.0. The van der Waals surface area contributed by atoms with Gasteiger partial charge >= 0.3 is 0 Å². The van der Waals surface area contributed by atoms with Crippen molar-refractivity contribution in [2.24, 2.45) is 0 Å². The molecule has 0 atom stereocenters. The van der Waals surface area contributed by atoms with Gasteiger partial charge in [-0.2, -0.15) is 0 Å². The SMILES string of the molecule is c1cc(-c2cccc3oc4ccccc4c23)cc(N(c2ccc(-c3ccc(-c4cccc(-n5c6ccccc6c6ccccc65)c4)cc3)cc2)c2ccc(-c3cccc4ccccc34)cc2)c1. The Morgan fingerprint density at radius 1 is 0.299 bits per heavy atom. The van der Waals surface area contributed by atoms with E-state index in [2.05, 4.69) is 252 Å². The molecule has 0 N–H and O–H groups in total. The van der Waals surface area contributed by atoms with Gasteiger partial charge < -0.3 is 13.9 Å². The summed E-state index contributed by atoms with van der Waals surface area (Å²) in [4.78, 5) is 2.36. The number of aromatic nitrogens is 1. The zero-order chi connectivity index (χ0) is 44.3. The molecule has 0 bridgehead atoms. The van der Waals surface area contributed by atoms with Crippen LogP contribution in [-0.4, -0.2) is 4.57 Å². The van der Waals surface area contributed by atoms with Crippen LogP contribution in [0.5, 0.6) is 0 Å². The number of benzene rings is 11. The predicted molar refractivity (Wildman–Crippen MR) is 282 cm³/mol. The molecule has 3 nitrogen and oxygen atoms in total. The van der Waals surface area contributed by atoms with Gasteiger partial charge in [-0.3, -0.25) is 0 Å². The Hall–Kier alpha value is -8.92. The lowest BCUT2D eigenvalue weighted by atomic mass is 9.97. The van der Waals surface area contributed by atoms with Gasteiger partial charge in [-0.05, 0) is 128 Å². The lowest BCUT2D eigenvalue weighted by Gasteiger charge is -2.26. The highest BCUT2D eigenvalue weighted by molar-refractivity contribution is 6.13. The number of para-hydroxylation sites is 3. The number of hydrogen-bond acceptors (Lipinski definition) is 2. The third-order valence-electron chi connectivity index (χ3n) is 13.4. The Bertz CT molecular complexity index is 3910. The van der Waals surface area contributed by atoms with E-state index in [1.54, 1.807) is 0 Å². The topological polar surface area (TPSA) is 21.3 Å². The average Bonchev–Trinajstić information content (AvgIpc) is 3.95. The zero-order valence-electron chi connectivity index (χ0n) is 36.6. The molecule has 11 aromatic carbocycles. The maximum absolute atomic E-state index is 6.31. The Kier molecular flexibility index (Phi) is 9.17. The van der Waals surface area contributed by atoms with E-state index in [0.29, 0.717) is 0 Å². The fourth-order valence-corrected chi connectivity index (χ4v) is 10.2. The highest BCUT2D eigenvalue weighted by atomic mass is 16.3. The third kappa shape index (κ3) is 6.67. The number of rotatable bonds is 8. The van der Waals surface area contributed by atoms with Crippen molar-refractivity contribution in [2.45, 2.75) is 0 Å². The summed E-state index contributed by atoms with van der Waals surface area (Å²) in [6.45, 7) is 0. The van der Waals surface area contributed by atoms with Gasteiger partial charge in [0, 0.05) is 44.3 Å². The summed E-state index contributed by atoms with van der Waals surface area (Å²) in [5.74, 6) is 0. The summed E-state index contributed by atoms with van der Waals surface area (Å²) in [7, 11) is 0. The Labute approximate surface area is 388 Å². The molecule has 0 unspecified atom stereocenters. The predicted octanol–water partition coefficient (Wildman–Crippen LogP) is 18.0. The van der Waals surface area contributed by atoms with E-state index in [0.717, 1.165) is 61.4 Å². The molecule has 0 radical (unpaired) electrons. The third-order valence-corrected chi connectivity index (χ3v) is 13.4. The molecule has 0 aliphatic heterocycles. The van der Waals surface area contributed by atoms with Crippen LogP contribution in [0.3, 0.4) is 0 Å². The molecule has 0 amide bonds. The molecule has 0 aliphatic rings. The summed E-state index contributed by atoms with van der Waals surface area (Å²) < 4.78 is 8.69. The first-order valence-electron chi connectivity index (χ1n) is 22.9. The lowest BCUT2D eigenvalue weighted by Crippen LogP contribution is -2.10. The summed E-state index contributed by atoms with van der Waals surface area (Å²) >= 11 is 0. The first kappa shape index (κ1) is 38.5. The van der Waals surface area contributed by atoms with E-state index in [9.17, 15) is 0 Å².